The van der Waals surface area contributed by atoms with Crippen molar-refractivity contribution in [3.63, 3.8) is 0 Å². The number of anilines is 1. The molecule has 132 valence electrons. The van der Waals surface area contributed by atoms with Crippen molar-refractivity contribution >= 4 is 5.82 Å². The van der Waals surface area contributed by atoms with Crippen molar-refractivity contribution in [1.82, 2.24) is 15.0 Å². The average Bonchev–Trinajstić information content (AvgIpc) is 2.65. The second-order valence-electron chi connectivity index (χ2n) is 6.55. The van der Waals surface area contributed by atoms with E-state index in [4.69, 9.17) is 14.2 Å². The Kier molecular flexibility index (Phi) is 4.50. The molecular weight excluding hydrogens is 320 g/mol. The average molecular weight is 342 g/mol. The summed E-state index contributed by atoms with van der Waals surface area (Å²) in [6.45, 7) is 2.91. The fourth-order valence-electron chi connectivity index (χ4n) is 3.46. The Balaban J connectivity index is 1.33. The molecule has 0 radical (unpaired) electrons. The minimum absolute atomic E-state index is 0.134. The van der Waals surface area contributed by atoms with Crippen LogP contribution in [0.5, 0.6) is 5.88 Å². The zero-order chi connectivity index (χ0) is 17.1. The van der Waals surface area contributed by atoms with Crippen molar-refractivity contribution in [2.45, 2.75) is 31.2 Å². The summed E-state index contributed by atoms with van der Waals surface area (Å²) in [4.78, 5) is 14.9. The number of methoxy groups -OCH3 is 1. The lowest BCUT2D eigenvalue weighted by Crippen LogP contribution is -2.66. The van der Waals surface area contributed by atoms with E-state index in [-0.39, 0.29) is 11.7 Å². The highest BCUT2D eigenvalue weighted by atomic mass is 16.5. The van der Waals surface area contributed by atoms with Gasteiger partial charge in [-0.15, -0.1) is 0 Å². The third-order valence-corrected chi connectivity index (χ3v) is 4.76. The molecule has 1 atom stereocenters. The smallest absolute Gasteiger partial charge is 0.218 e. The van der Waals surface area contributed by atoms with Gasteiger partial charge in [-0.05, 0) is 18.6 Å². The minimum Gasteiger partial charge on any atom is -0.481 e. The normalized spacial score (nSPS) is 21.8. The lowest BCUT2D eigenvalue weighted by Gasteiger charge is -2.53. The summed E-state index contributed by atoms with van der Waals surface area (Å²) in [5, 5.41) is 0. The lowest BCUT2D eigenvalue weighted by molar-refractivity contribution is -0.148. The van der Waals surface area contributed by atoms with Crippen LogP contribution in [0.15, 0.2) is 36.8 Å². The monoisotopic (exact) mass is 342 g/mol. The van der Waals surface area contributed by atoms with Crippen molar-refractivity contribution < 1.29 is 14.2 Å². The first-order valence-electron chi connectivity index (χ1n) is 8.53. The molecule has 7 heteroatoms. The second kappa shape index (κ2) is 6.93. The molecule has 2 saturated heterocycles. The number of pyridine rings is 1. The minimum atomic E-state index is -0.134. The summed E-state index contributed by atoms with van der Waals surface area (Å²) < 4.78 is 17.3. The van der Waals surface area contributed by atoms with Crippen LogP contribution in [0, 0.1) is 0 Å². The van der Waals surface area contributed by atoms with E-state index in [9.17, 15) is 0 Å². The molecule has 0 N–H and O–H groups in total. The van der Waals surface area contributed by atoms with E-state index in [1.807, 2.05) is 24.3 Å². The van der Waals surface area contributed by atoms with Crippen molar-refractivity contribution in [3.8, 4) is 5.88 Å². The third kappa shape index (κ3) is 3.57. The van der Waals surface area contributed by atoms with Crippen molar-refractivity contribution in [1.29, 1.82) is 0 Å². The van der Waals surface area contributed by atoms with E-state index in [1.54, 1.807) is 13.3 Å². The molecule has 2 aromatic heterocycles. The Morgan fingerprint density at radius 3 is 3.00 bits per heavy atom. The van der Waals surface area contributed by atoms with Crippen LogP contribution in [-0.2, 0) is 16.1 Å². The summed E-state index contributed by atoms with van der Waals surface area (Å²) in [6, 6.07) is 7.74. The topological polar surface area (TPSA) is 69.6 Å². The molecule has 0 aliphatic carbocycles. The molecule has 25 heavy (non-hydrogen) atoms. The van der Waals surface area contributed by atoms with Gasteiger partial charge in [0.05, 0.1) is 38.6 Å². The Hall–Kier alpha value is -2.25. The summed E-state index contributed by atoms with van der Waals surface area (Å²) in [5.41, 5.74) is 0.831. The highest BCUT2D eigenvalue weighted by Gasteiger charge is 2.48. The van der Waals surface area contributed by atoms with Crippen LogP contribution in [0.2, 0.25) is 0 Å². The van der Waals surface area contributed by atoms with Gasteiger partial charge in [-0.3, -0.25) is 4.98 Å². The quantitative estimate of drug-likeness (QED) is 0.821. The van der Waals surface area contributed by atoms with Gasteiger partial charge in [0.15, 0.2) is 0 Å². The zero-order valence-corrected chi connectivity index (χ0v) is 14.3. The molecule has 0 amide bonds. The number of ether oxygens (including phenoxy) is 3. The first-order valence-corrected chi connectivity index (χ1v) is 8.53. The number of aromatic nitrogens is 3. The summed E-state index contributed by atoms with van der Waals surface area (Å²) in [7, 11) is 1.61. The van der Waals surface area contributed by atoms with Gasteiger partial charge in [-0.2, -0.15) is 0 Å². The zero-order valence-electron chi connectivity index (χ0n) is 14.3. The van der Waals surface area contributed by atoms with E-state index >= 15 is 0 Å². The highest BCUT2D eigenvalue weighted by Crippen LogP contribution is 2.37. The number of rotatable bonds is 5. The fourth-order valence-corrected chi connectivity index (χ4v) is 3.46. The van der Waals surface area contributed by atoms with Gasteiger partial charge in [-0.1, -0.05) is 6.07 Å². The summed E-state index contributed by atoms with van der Waals surface area (Å²) in [6.07, 6.45) is 5.36. The first kappa shape index (κ1) is 16.2. The molecule has 4 rings (SSSR count). The molecule has 0 aromatic carbocycles. The van der Waals surface area contributed by atoms with Gasteiger partial charge in [-0.25, -0.2) is 9.97 Å². The largest absolute Gasteiger partial charge is 0.481 e. The van der Waals surface area contributed by atoms with Crippen LogP contribution in [0.3, 0.4) is 0 Å². The maximum Gasteiger partial charge on any atom is 0.218 e. The molecule has 2 aliphatic rings. The SMILES string of the molecule is COc1cc(N2CC3(C[C@H](OCc4ccccn4)CCO3)C2)ncn1. The first-order chi connectivity index (χ1) is 12.3. The number of hydrogen-bond donors (Lipinski definition) is 0. The second-order valence-corrected chi connectivity index (χ2v) is 6.55. The van der Waals surface area contributed by atoms with E-state index < -0.39 is 0 Å². The highest BCUT2D eigenvalue weighted by molar-refractivity contribution is 5.45. The Morgan fingerprint density at radius 1 is 1.28 bits per heavy atom. The van der Waals surface area contributed by atoms with Crippen LogP contribution in [0.1, 0.15) is 18.5 Å². The molecule has 4 heterocycles. The van der Waals surface area contributed by atoms with Gasteiger partial charge in [0.25, 0.3) is 0 Å². The molecule has 0 bridgehead atoms. The third-order valence-electron chi connectivity index (χ3n) is 4.76. The van der Waals surface area contributed by atoms with Gasteiger partial charge >= 0.3 is 0 Å². The predicted octanol–water partition coefficient (Wildman–Crippen LogP) is 1.83. The van der Waals surface area contributed by atoms with E-state index in [0.29, 0.717) is 12.5 Å². The van der Waals surface area contributed by atoms with Crippen LogP contribution in [0.25, 0.3) is 0 Å². The van der Waals surface area contributed by atoms with Gasteiger partial charge in [0.1, 0.15) is 17.7 Å². The molecule has 0 saturated carbocycles. The fraction of sp³-hybridized carbons (Fsp3) is 0.500. The van der Waals surface area contributed by atoms with Crippen LogP contribution in [0.4, 0.5) is 5.82 Å². The molecule has 1 spiro atoms. The predicted molar refractivity (Wildman–Crippen MR) is 91.5 cm³/mol. The summed E-state index contributed by atoms with van der Waals surface area (Å²) >= 11 is 0. The van der Waals surface area contributed by atoms with Gasteiger partial charge < -0.3 is 19.1 Å². The van der Waals surface area contributed by atoms with E-state index in [0.717, 1.165) is 44.0 Å². The maximum atomic E-state index is 6.08. The lowest BCUT2D eigenvalue weighted by atomic mass is 9.84. The van der Waals surface area contributed by atoms with Crippen molar-refractivity contribution in [3.05, 3.63) is 42.5 Å². The standard InChI is InChI=1S/C18H22N4O3/c1-23-17-8-16(20-13-21-17)22-11-18(12-22)9-15(5-7-25-18)24-10-14-4-2-3-6-19-14/h2-4,6,8,13,15H,5,7,9-12H2,1H3/t15-/m1/s1. The molecule has 2 aliphatic heterocycles. The number of nitrogens with zero attached hydrogens (tertiary/aromatic N) is 4. The Bertz CT molecular complexity index is 706. The molecule has 2 fully saturated rings. The van der Waals surface area contributed by atoms with E-state index in [2.05, 4.69) is 19.9 Å². The van der Waals surface area contributed by atoms with Crippen LogP contribution >= 0.6 is 0 Å². The molecule has 7 nitrogen and oxygen atoms in total. The van der Waals surface area contributed by atoms with Gasteiger partial charge in [0, 0.05) is 25.3 Å². The van der Waals surface area contributed by atoms with Crippen LogP contribution < -0.4 is 9.64 Å². The van der Waals surface area contributed by atoms with Crippen molar-refractivity contribution in [2.75, 3.05) is 31.7 Å². The summed E-state index contributed by atoms with van der Waals surface area (Å²) in [5.74, 6) is 1.45. The number of hydrogen-bond acceptors (Lipinski definition) is 7. The molecular formula is C18H22N4O3. The van der Waals surface area contributed by atoms with Gasteiger partial charge in [0.2, 0.25) is 5.88 Å². The Morgan fingerprint density at radius 2 is 2.20 bits per heavy atom. The molecule has 2 aromatic rings. The van der Waals surface area contributed by atoms with Crippen LogP contribution in [-0.4, -0.2) is 53.5 Å². The van der Waals surface area contributed by atoms with E-state index in [1.165, 1.54) is 6.33 Å². The molecule has 0 unspecified atom stereocenters. The maximum absolute atomic E-state index is 6.08. The van der Waals surface area contributed by atoms with Crippen molar-refractivity contribution in [2.24, 2.45) is 0 Å². The Labute approximate surface area is 147 Å².